The predicted molar refractivity (Wildman–Crippen MR) is 102 cm³/mol. The lowest BCUT2D eigenvalue weighted by molar-refractivity contribution is 0.0859. The van der Waals surface area contributed by atoms with Gasteiger partial charge in [0, 0.05) is 19.1 Å². The quantitative estimate of drug-likeness (QED) is 0.874. The molecular formula is C20H25FN4O3. The minimum Gasteiger partial charge on any atom is -0.450 e. The van der Waals surface area contributed by atoms with Crippen LogP contribution in [0.4, 0.5) is 9.18 Å². The van der Waals surface area contributed by atoms with E-state index >= 15 is 0 Å². The van der Waals surface area contributed by atoms with Crippen molar-refractivity contribution in [3.05, 3.63) is 47.0 Å². The number of hydrogen-bond acceptors (Lipinski definition) is 4. The summed E-state index contributed by atoms with van der Waals surface area (Å²) < 4.78 is 19.8. The molecule has 1 aliphatic heterocycles. The van der Waals surface area contributed by atoms with Crippen LogP contribution in [0.15, 0.2) is 24.3 Å². The third-order valence-corrected chi connectivity index (χ3v) is 4.95. The standard InChI is InChI=1S/C20H25FN4O3/c1-4-28-20(27)24-11-9-16(10-12-24)22-19(26)18-13(2)23-25(14(18)3)17-7-5-15(21)6-8-17/h5-8,16H,4,9-12H2,1-3H3,(H,22,26). The maximum Gasteiger partial charge on any atom is 0.409 e. The SMILES string of the molecule is CCOC(=O)N1CCC(NC(=O)c2c(C)nn(-c3ccc(F)cc3)c2C)CC1. The molecule has 8 heteroatoms. The van der Waals surface area contributed by atoms with Crippen molar-refractivity contribution in [1.82, 2.24) is 20.0 Å². The van der Waals surface area contributed by atoms with Gasteiger partial charge in [-0.05, 0) is 57.9 Å². The van der Waals surface area contributed by atoms with E-state index in [1.165, 1.54) is 12.1 Å². The van der Waals surface area contributed by atoms with Crippen molar-refractivity contribution in [1.29, 1.82) is 0 Å². The van der Waals surface area contributed by atoms with Gasteiger partial charge in [0.15, 0.2) is 0 Å². The summed E-state index contributed by atoms with van der Waals surface area (Å²) in [7, 11) is 0. The fourth-order valence-corrected chi connectivity index (χ4v) is 3.48. The molecule has 7 nitrogen and oxygen atoms in total. The first kappa shape index (κ1) is 19.9. The molecule has 1 aromatic carbocycles. The Morgan fingerprint density at radius 2 is 1.86 bits per heavy atom. The number of rotatable bonds is 4. The summed E-state index contributed by atoms with van der Waals surface area (Å²) in [6, 6.07) is 5.97. The van der Waals surface area contributed by atoms with Gasteiger partial charge in [0.1, 0.15) is 5.82 Å². The normalized spacial score (nSPS) is 14.8. The van der Waals surface area contributed by atoms with Crippen LogP contribution >= 0.6 is 0 Å². The number of ether oxygens (including phenoxy) is 1. The highest BCUT2D eigenvalue weighted by atomic mass is 19.1. The largest absolute Gasteiger partial charge is 0.450 e. The summed E-state index contributed by atoms with van der Waals surface area (Å²) in [5, 5.41) is 7.50. The highest BCUT2D eigenvalue weighted by Crippen LogP contribution is 2.19. The number of likely N-dealkylation sites (tertiary alicyclic amines) is 1. The zero-order chi connectivity index (χ0) is 20.3. The van der Waals surface area contributed by atoms with Crippen LogP contribution in [0.3, 0.4) is 0 Å². The lowest BCUT2D eigenvalue weighted by atomic mass is 10.0. The lowest BCUT2D eigenvalue weighted by Crippen LogP contribution is -2.46. The number of carbonyl (C=O) groups is 2. The zero-order valence-corrected chi connectivity index (χ0v) is 16.4. The van der Waals surface area contributed by atoms with Crippen molar-refractivity contribution in [2.24, 2.45) is 0 Å². The van der Waals surface area contributed by atoms with Crippen LogP contribution in [-0.4, -0.2) is 52.4 Å². The van der Waals surface area contributed by atoms with E-state index in [1.807, 2.05) is 6.92 Å². The number of aromatic nitrogens is 2. The average molecular weight is 388 g/mol. The first-order valence-electron chi connectivity index (χ1n) is 9.45. The maximum atomic E-state index is 13.2. The van der Waals surface area contributed by atoms with Gasteiger partial charge in [-0.3, -0.25) is 4.79 Å². The van der Waals surface area contributed by atoms with Gasteiger partial charge in [0.2, 0.25) is 0 Å². The molecule has 0 aliphatic carbocycles. The van der Waals surface area contributed by atoms with Gasteiger partial charge in [-0.1, -0.05) is 0 Å². The topological polar surface area (TPSA) is 76.5 Å². The Morgan fingerprint density at radius 1 is 1.21 bits per heavy atom. The van der Waals surface area contributed by atoms with Crippen LogP contribution in [0.25, 0.3) is 5.69 Å². The first-order chi connectivity index (χ1) is 13.4. The molecule has 28 heavy (non-hydrogen) atoms. The number of hydrogen-bond donors (Lipinski definition) is 1. The van der Waals surface area contributed by atoms with E-state index in [1.54, 1.807) is 35.6 Å². The maximum absolute atomic E-state index is 13.2. The molecule has 1 aliphatic rings. The number of nitrogens with one attached hydrogen (secondary N) is 1. The molecule has 0 radical (unpaired) electrons. The molecule has 0 saturated carbocycles. The van der Waals surface area contributed by atoms with E-state index < -0.39 is 0 Å². The highest BCUT2D eigenvalue weighted by molar-refractivity contribution is 5.96. The Kier molecular flexibility index (Phi) is 5.96. The Hall–Kier alpha value is -2.90. The number of carbonyl (C=O) groups excluding carboxylic acids is 2. The van der Waals surface area contributed by atoms with E-state index in [0.29, 0.717) is 55.2 Å². The smallest absolute Gasteiger partial charge is 0.409 e. The van der Waals surface area contributed by atoms with E-state index in [4.69, 9.17) is 4.74 Å². The second-order valence-corrected chi connectivity index (χ2v) is 6.87. The summed E-state index contributed by atoms with van der Waals surface area (Å²) in [6.45, 7) is 6.84. The van der Waals surface area contributed by atoms with Crippen LogP contribution in [0.2, 0.25) is 0 Å². The molecule has 0 unspecified atom stereocenters. The molecule has 1 fully saturated rings. The van der Waals surface area contributed by atoms with Crippen molar-refractivity contribution in [3.63, 3.8) is 0 Å². The molecule has 2 heterocycles. The second kappa shape index (κ2) is 8.41. The number of benzene rings is 1. The van der Waals surface area contributed by atoms with Crippen LogP contribution in [0.1, 0.15) is 41.5 Å². The van der Waals surface area contributed by atoms with Gasteiger partial charge >= 0.3 is 6.09 Å². The molecule has 0 atom stereocenters. The van der Waals surface area contributed by atoms with Gasteiger partial charge in [0.25, 0.3) is 5.91 Å². The minimum atomic E-state index is -0.322. The first-order valence-corrected chi connectivity index (χ1v) is 9.45. The predicted octanol–water partition coefficient (Wildman–Crippen LogP) is 2.98. The second-order valence-electron chi connectivity index (χ2n) is 6.87. The lowest BCUT2D eigenvalue weighted by Gasteiger charge is -2.31. The van der Waals surface area contributed by atoms with Gasteiger partial charge in [-0.15, -0.1) is 0 Å². The van der Waals surface area contributed by atoms with Crippen molar-refractivity contribution >= 4 is 12.0 Å². The fraction of sp³-hybridized carbons (Fsp3) is 0.450. The number of nitrogens with zero attached hydrogens (tertiary/aromatic N) is 3. The molecule has 1 N–H and O–H groups in total. The average Bonchev–Trinajstić information content (AvgIpc) is 2.97. The Morgan fingerprint density at radius 3 is 2.46 bits per heavy atom. The molecule has 0 spiro atoms. The third kappa shape index (κ3) is 4.16. The van der Waals surface area contributed by atoms with Crippen LogP contribution in [-0.2, 0) is 4.74 Å². The molecule has 2 aromatic rings. The van der Waals surface area contributed by atoms with Crippen molar-refractivity contribution in [3.8, 4) is 5.69 Å². The van der Waals surface area contributed by atoms with Crippen molar-refractivity contribution < 1.29 is 18.7 Å². The van der Waals surface area contributed by atoms with Crippen LogP contribution < -0.4 is 5.32 Å². The Bertz CT molecular complexity index is 855. The molecule has 2 amide bonds. The summed E-state index contributed by atoms with van der Waals surface area (Å²) in [4.78, 5) is 26.3. The molecular weight excluding hydrogens is 363 g/mol. The number of aryl methyl sites for hydroxylation is 1. The van der Waals surface area contributed by atoms with Gasteiger partial charge in [0.05, 0.1) is 29.2 Å². The third-order valence-electron chi connectivity index (χ3n) is 4.95. The summed E-state index contributed by atoms with van der Waals surface area (Å²) in [5.74, 6) is -0.504. The Labute approximate surface area is 163 Å². The van der Waals surface area contributed by atoms with E-state index in [2.05, 4.69) is 10.4 Å². The number of amides is 2. The molecule has 1 saturated heterocycles. The zero-order valence-electron chi connectivity index (χ0n) is 16.4. The van der Waals surface area contributed by atoms with Crippen LogP contribution in [0, 0.1) is 19.7 Å². The summed E-state index contributed by atoms with van der Waals surface area (Å²) in [5.41, 5.74) is 2.54. The highest BCUT2D eigenvalue weighted by Gasteiger charge is 2.27. The van der Waals surface area contributed by atoms with E-state index in [9.17, 15) is 14.0 Å². The molecule has 1 aromatic heterocycles. The summed E-state index contributed by atoms with van der Waals surface area (Å²) >= 11 is 0. The van der Waals surface area contributed by atoms with E-state index in [-0.39, 0.29) is 23.9 Å². The fourth-order valence-electron chi connectivity index (χ4n) is 3.48. The molecule has 3 rings (SSSR count). The minimum absolute atomic E-state index is 0.00820. The van der Waals surface area contributed by atoms with Gasteiger partial charge < -0.3 is 15.0 Å². The van der Waals surface area contributed by atoms with Gasteiger partial charge in [-0.2, -0.15) is 5.10 Å². The van der Waals surface area contributed by atoms with Gasteiger partial charge in [-0.25, -0.2) is 13.9 Å². The Balaban J connectivity index is 1.67. The van der Waals surface area contributed by atoms with Crippen LogP contribution in [0.5, 0.6) is 0 Å². The van der Waals surface area contributed by atoms with Crippen molar-refractivity contribution in [2.75, 3.05) is 19.7 Å². The molecule has 150 valence electrons. The van der Waals surface area contributed by atoms with Crippen molar-refractivity contribution in [2.45, 2.75) is 39.7 Å². The number of piperidine rings is 1. The molecule has 0 bridgehead atoms. The summed E-state index contributed by atoms with van der Waals surface area (Å²) in [6.07, 6.45) is 1.04. The monoisotopic (exact) mass is 388 g/mol. The number of halogens is 1. The van der Waals surface area contributed by atoms with E-state index in [0.717, 1.165) is 0 Å².